The number of hydrogen-bond acceptors (Lipinski definition) is 4. The number of fused-ring (bicyclic) bond motifs is 1. The highest BCUT2D eigenvalue weighted by Crippen LogP contribution is 2.20. The Hall–Kier alpha value is -1.88. The second-order valence-electron chi connectivity index (χ2n) is 3.47. The highest BCUT2D eigenvalue weighted by molar-refractivity contribution is 6.02. The molecule has 0 unspecified atom stereocenters. The number of rotatable bonds is 2. The third-order valence-electron chi connectivity index (χ3n) is 2.48. The molecule has 5 nitrogen and oxygen atoms in total. The Labute approximate surface area is 92.2 Å². The monoisotopic (exact) mass is 220 g/mol. The molecule has 0 amide bonds. The molecular weight excluding hydrogens is 208 g/mol. The fourth-order valence-electron chi connectivity index (χ4n) is 1.66. The fraction of sp³-hybridized carbons (Fsp3) is 0.273. The average molecular weight is 220 g/mol. The van der Waals surface area contributed by atoms with Crippen LogP contribution in [0.25, 0.3) is 10.9 Å². The maximum absolute atomic E-state index is 11.5. The zero-order valence-electron chi connectivity index (χ0n) is 9.10. The van der Waals surface area contributed by atoms with Crippen LogP contribution in [0.4, 0.5) is 0 Å². The van der Waals surface area contributed by atoms with Crippen molar-refractivity contribution >= 4 is 16.9 Å². The highest BCUT2D eigenvalue weighted by atomic mass is 16.5. The number of esters is 1. The second kappa shape index (κ2) is 3.94. The number of aryl methyl sites for hydroxylation is 1. The molecule has 0 saturated carbocycles. The maximum atomic E-state index is 11.5. The number of aromatic nitrogens is 2. The van der Waals surface area contributed by atoms with Crippen molar-refractivity contribution in [3.8, 4) is 0 Å². The van der Waals surface area contributed by atoms with Crippen molar-refractivity contribution in [1.82, 2.24) is 9.78 Å². The molecule has 2 aromatic rings. The van der Waals surface area contributed by atoms with Crippen molar-refractivity contribution in [2.45, 2.75) is 6.61 Å². The van der Waals surface area contributed by atoms with E-state index in [1.807, 2.05) is 6.07 Å². The molecular formula is C11H12N2O3. The summed E-state index contributed by atoms with van der Waals surface area (Å²) in [6.07, 6.45) is 0. The third kappa shape index (κ3) is 1.55. The van der Waals surface area contributed by atoms with Crippen molar-refractivity contribution in [3.63, 3.8) is 0 Å². The predicted octanol–water partition coefficient (Wildman–Crippen LogP) is 0.852. The van der Waals surface area contributed by atoms with Gasteiger partial charge in [-0.25, -0.2) is 4.79 Å². The zero-order chi connectivity index (χ0) is 11.7. The first-order valence-corrected chi connectivity index (χ1v) is 4.82. The van der Waals surface area contributed by atoms with Crippen LogP contribution in [0.3, 0.4) is 0 Å². The summed E-state index contributed by atoms with van der Waals surface area (Å²) in [6, 6.07) is 5.36. The minimum Gasteiger partial charge on any atom is -0.464 e. The molecule has 84 valence electrons. The molecule has 0 aliphatic rings. The van der Waals surface area contributed by atoms with Gasteiger partial charge in [0.2, 0.25) is 0 Å². The highest BCUT2D eigenvalue weighted by Gasteiger charge is 2.16. The van der Waals surface area contributed by atoms with Crippen LogP contribution in [0.1, 0.15) is 16.1 Å². The summed E-state index contributed by atoms with van der Waals surface area (Å²) in [5.41, 5.74) is 1.85. The summed E-state index contributed by atoms with van der Waals surface area (Å²) in [4.78, 5) is 11.5. The van der Waals surface area contributed by atoms with Crippen molar-refractivity contribution in [2.75, 3.05) is 7.11 Å². The normalized spacial score (nSPS) is 10.7. The third-order valence-corrected chi connectivity index (χ3v) is 2.48. The summed E-state index contributed by atoms with van der Waals surface area (Å²) in [6.45, 7) is -0.0640. The van der Waals surface area contributed by atoms with E-state index in [1.54, 1.807) is 23.9 Å². The van der Waals surface area contributed by atoms with E-state index >= 15 is 0 Å². The first-order chi connectivity index (χ1) is 7.67. The van der Waals surface area contributed by atoms with Gasteiger partial charge in [0.05, 0.1) is 19.2 Å². The van der Waals surface area contributed by atoms with E-state index in [2.05, 4.69) is 9.84 Å². The molecule has 0 fully saturated rings. The number of methoxy groups -OCH3 is 1. The Kier molecular flexibility index (Phi) is 2.62. The Morgan fingerprint density at radius 2 is 2.31 bits per heavy atom. The van der Waals surface area contributed by atoms with Gasteiger partial charge >= 0.3 is 5.97 Å². The van der Waals surface area contributed by atoms with Gasteiger partial charge in [0.25, 0.3) is 0 Å². The van der Waals surface area contributed by atoms with Gasteiger partial charge in [-0.15, -0.1) is 0 Å². The molecule has 0 atom stereocenters. The number of benzene rings is 1. The van der Waals surface area contributed by atoms with Gasteiger partial charge in [0, 0.05) is 12.4 Å². The molecule has 0 aliphatic heterocycles. The van der Waals surface area contributed by atoms with Crippen LogP contribution < -0.4 is 0 Å². The van der Waals surface area contributed by atoms with Crippen molar-refractivity contribution in [1.29, 1.82) is 0 Å². The SMILES string of the molecule is COC(=O)c1nn(C)c2ccc(CO)cc12. The van der Waals surface area contributed by atoms with Gasteiger partial charge in [0.15, 0.2) is 5.69 Å². The summed E-state index contributed by atoms with van der Waals surface area (Å²) < 4.78 is 6.27. The van der Waals surface area contributed by atoms with Crippen molar-refractivity contribution in [3.05, 3.63) is 29.5 Å². The topological polar surface area (TPSA) is 64.3 Å². The van der Waals surface area contributed by atoms with Crippen LogP contribution in [-0.4, -0.2) is 28.0 Å². The molecule has 0 saturated heterocycles. The van der Waals surface area contributed by atoms with Crippen molar-refractivity contribution in [2.24, 2.45) is 7.05 Å². The van der Waals surface area contributed by atoms with Crippen LogP contribution in [-0.2, 0) is 18.4 Å². The van der Waals surface area contributed by atoms with Gasteiger partial charge in [-0.05, 0) is 17.7 Å². The lowest BCUT2D eigenvalue weighted by Crippen LogP contribution is -2.03. The molecule has 16 heavy (non-hydrogen) atoms. The lowest BCUT2D eigenvalue weighted by Gasteiger charge is -1.98. The van der Waals surface area contributed by atoms with E-state index in [9.17, 15) is 4.79 Å². The largest absolute Gasteiger partial charge is 0.464 e. The van der Waals surface area contributed by atoms with Crippen molar-refractivity contribution < 1.29 is 14.6 Å². The van der Waals surface area contributed by atoms with Crippen LogP contribution in [0.5, 0.6) is 0 Å². The number of aliphatic hydroxyl groups is 1. The minimum atomic E-state index is -0.472. The Balaban J connectivity index is 2.70. The molecule has 5 heteroatoms. The summed E-state index contributed by atoms with van der Waals surface area (Å²) in [7, 11) is 3.08. The maximum Gasteiger partial charge on any atom is 0.359 e. The Morgan fingerprint density at radius 3 is 2.94 bits per heavy atom. The molecule has 0 aliphatic carbocycles. The lowest BCUT2D eigenvalue weighted by molar-refractivity contribution is 0.0595. The van der Waals surface area contributed by atoms with E-state index in [4.69, 9.17) is 5.11 Å². The molecule has 1 aromatic heterocycles. The fourth-order valence-corrected chi connectivity index (χ4v) is 1.66. The molecule has 0 bridgehead atoms. The van der Waals surface area contributed by atoms with Crippen LogP contribution >= 0.6 is 0 Å². The number of carbonyl (C=O) groups is 1. The predicted molar refractivity (Wildman–Crippen MR) is 58.0 cm³/mol. The van der Waals surface area contributed by atoms with E-state index in [1.165, 1.54) is 7.11 Å². The number of aliphatic hydroxyl groups excluding tert-OH is 1. The zero-order valence-corrected chi connectivity index (χ0v) is 9.10. The minimum absolute atomic E-state index is 0.0640. The van der Waals surface area contributed by atoms with Gasteiger partial charge in [-0.1, -0.05) is 6.07 Å². The van der Waals surface area contributed by atoms with Crippen LogP contribution in [0.2, 0.25) is 0 Å². The molecule has 1 aromatic carbocycles. The lowest BCUT2D eigenvalue weighted by atomic mass is 10.1. The van der Waals surface area contributed by atoms with E-state index in [0.29, 0.717) is 5.39 Å². The number of nitrogens with zero attached hydrogens (tertiary/aromatic N) is 2. The van der Waals surface area contributed by atoms with Gasteiger partial charge in [-0.2, -0.15) is 5.10 Å². The summed E-state index contributed by atoms with van der Waals surface area (Å²) in [5, 5.41) is 13.8. The van der Waals surface area contributed by atoms with Gasteiger partial charge < -0.3 is 9.84 Å². The molecule has 0 spiro atoms. The first-order valence-electron chi connectivity index (χ1n) is 4.82. The first kappa shape index (κ1) is 10.6. The molecule has 2 rings (SSSR count). The average Bonchev–Trinajstić information content (AvgIpc) is 2.65. The Morgan fingerprint density at radius 1 is 1.56 bits per heavy atom. The van der Waals surface area contributed by atoms with Crippen LogP contribution in [0, 0.1) is 0 Å². The summed E-state index contributed by atoms with van der Waals surface area (Å²) >= 11 is 0. The van der Waals surface area contributed by atoms with E-state index in [0.717, 1.165) is 11.1 Å². The number of hydrogen-bond donors (Lipinski definition) is 1. The number of ether oxygens (including phenoxy) is 1. The van der Waals surface area contributed by atoms with Crippen LogP contribution in [0.15, 0.2) is 18.2 Å². The molecule has 1 heterocycles. The standard InChI is InChI=1S/C11H12N2O3/c1-13-9-4-3-7(6-14)5-8(9)10(12-13)11(15)16-2/h3-5,14H,6H2,1-2H3. The molecule has 0 radical (unpaired) electrons. The quantitative estimate of drug-likeness (QED) is 0.762. The molecule has 1 N–H and O–H groups in total. The van der Waals surface area contributed by atoms with Gasteiger partial charge in [-0.3, -0.25) is 4.68 Å². The Bertz CT molecular complexity index is 545. The summed E-state index contributed by atoms with van der Waals surface area (Å²) in [5.74, 6) is -0.472. The smallest absolute Gasteiger partial charge is 0.359 e. The second-order valence-corrected chi connectivity index (χ2v) is 3.47. The van der Waals surface area contributed by atoms with Gasteiger partial charge in [0.1, 0.15) is 0 Å². The van der Waals surface area contributed by atoms with E-state index < -0.39 is 5.97 Å². The number of carbonyl (C=O) groups excluding carboxylic acids is 1. The van der Waals surface area contributed by atoms with E-state index in [-0.39, 0.29) is 12.3 Å².